The molecule has 3 heterocycles. The molecule has 0 aliphatic carbocycles. The van der Waals surface area contributed by atoms with Crippen LogP contribution in [0.1, 0.15) is 11.1 Å². The summed E-state index contributed by atoms with van der Waals surface area (Å²) >= 11 is 7.73. The van der Waals surface area contributed by atoms with E-state index in [-0.39, 0.29) is 0 Å². The van der Waals surface area contributed by atoms with E-state index in [1.807, 2.05) is 60.7 Å². The first kappa shape index (κ1) is 22.5. The average molecular weight is 518 g/mol. The minimum atomic E-state index is 0.346. The fourth-order valence-electron chi connectivity index (χ4n) is 3.87. The molecule has 3 aromatic heterocycles. The number of rotatable bonds is 8. The number of furan rings is 1. The molecule has 0 N–H and O–H groups in total. The van der Waals surface area contributed by atoms with Crippen LogP contribution in [-0.4, -0.2) is 21.7 Å². The van der Waals surface area contributed by atoms with Crippen LogP contribution < -0.4 is 14.2 Å². The molecule has 180 valence electrons. The van der Waals surface area contributed by atoms with Gasteiger partial charge in [0.1, 0.15) is 36.0 Å². The lowest BCUT2D eigenvalue weighted by Crippen LogP contribution is -1.98. The minimum Gasteiger partial charge on any atom is -0.489 e. The Bertz CT molecular complexity index is 1660. The molecule has 0 saturated carbocycles. The molecule has 6 aromatic rings. The van der Waals surface area contributed by atoms with E-state index in [9.17, 15) is 0 Å². The summed E-state index contributed by atoms with van der Waals surface area (Å²) in [5.41, 5.74) is 3.42. The smallest absolute Gasteiger partial charge is 0.294 e. The van der Waals surface area contributed by atoms with Gasteiger partial charge in [0.25, 0.3) is 5.19 Å². The monoisotopic (exact) mass is 517 g/mol. The Hall–Kier alpha value is -4.01. The van der Waals surface area contributed by atoms with Crippen molar-refractivity contribution in [1.82, 2.24) is 14.6 Å². The van der Waals surface area contributed by atoms with Crippen molar-refractivity contribution in [2.75, 3.05) is 7.11 Å². The van der Waals surface area contributed by atoms with Crippen LogP contribution in [0.5, 0.6) is 16.7 Å². The van der Waals surface area contributed by atoms with E-state index in [1.54, 1.807) is 30.0 Å². The van der Waals surface area contributed by atoms with Crippen molar-refractivity contribution in [1.29, 1.82) is 0 Å². The standard InChI is InChI=1S/C27H20ClN3O4S/c1-32-27-30-31-22(14-29-26(31)36-27)25-13-21-23(11-19(28)12-24(21)35-25)34-16-18-8-5-9-20(10-18)33-15-17-6-3-2-4-7-17/h2-14H,15-16H2,1H3. The molecule has 0 unspecified atom stereocenters. The molecule has 0 amide bonds. The number of hydrogen-bond donors (Lipinski definition) is 0. The van der Waals surface area contributed by atoms with E-state index in [0.29, 0.717) is 51.2 Å². The van der Waals surface area contributed by atoms with Gasteiger partial charge < -0.3 is 18.6 Å². The Morgan fingerprint density at radius 3 is 2.64 bits per heavy atom. The fraction of sp³-hybridized carbons (Fsp3) is 0.111. The molecule has 7 nitrogen and oxygen atoms in total. The molecule has 0 spiro atoms. The summed E-state index contributed by atoms with van der Waals surface area (Å²) in [4.78, 5) is 5.12. The summed E-state index contributed by atoms with van der Waals surface area (Å²) in [5.74, 6) is 2.01. The van der Waals surface area contributed by atoms with Gasteiger partial charge in [0.2, 0.25) is 4.96 Å². The molecule has 6 rings (SSSR count). The maximum atomic E-state index is 6.38. The number of benzene rings is 3. The number of hydrogen-bond acceptors (Lipinski definition) is 7. The molecule has 0 radical (unpaired) electrons. The Balaban J connectivity index is 1.23. The first-order valence-electron chi connectivity index (χ1n) is 11.2. The van der Waals surface area contributed by atoms with Crippen LogP contribution in [0.4, 0.5) is 0 Å². The number of ether oxygens (including phenoxy) is 3. The maximum Gasteiger partial charge on any atom is 0.294 e. The first-order chi connectivity index (χ1) is 17.7. The van der Waals surface area contributed by atoms with Gasteiger partial charge in [-0.25, -0.2) is 4.98 Å². The predicted molar refractivity (Wildman–Crippen MR) is 139 cm³/mol. The molecule has 3 aromatic carbocycles. The van der Waals surface area contributed by atoms with Crippen LogP contribution >= 0.6 is 22.9 Å². The summed E-state index contributed by atoms with van der Waals surface area (Å²) in [5, 5.41) is 6.27. The van der Waals surface area contributed by atoms with Gasteiger partial charge in [-0.2, -0.15) is 4.52 Å². The van der Waals surface area contributed by atoms with Crippen molar-refractivity contribution in [2.24, 2.45) is 0 Å². The van der Waals surface area contributed by atoms with Crippen molar-refractivity contribution in [3.63, 3.8) is 0 Å². The lowest BCUT2D eigenvalue weighted by atomic mass is 10.2. The molecule has 0 aliphatic heterocycles. The summed E-state index contributed by atoms with van der Waals surface area (Å²) in [6.07, 6.45) is 1.72. The summed E-state index contributed by atoms with van der Waals surface area (Å²) in [7, 11) is 1.58. The van der Waals surface area contributed by atoms with Crippen LogP contribution in [0.3, 0.4) is 0 Å². The Labute approximate surface area is 215 Å². The Morgan fingerprint density at radius 2 is 1.78 bits per heavy atom. The average Bonchev–Trinajstić information content (AvgIpc) is 3.61. The SMILES string of the molecule is COc1nn2c(-c3cc4c(OCc5cccc(OCc6ccccc6)c5)cc(Cl)cc4o3)cnc2s1. The van der Waals surface area contributed by atoms with E-state index in [1.165, 1.54) is 11.3 Å². The molecule has 36 heavy (non-hydrogen) atoms. The number of fused-ring (bicyclic) bond motifs is 2. The Morgan fingerprint density at radius 1 is 0.944 bits per heavy atom. The highest BCUT2D eigenvalue weighted by Crippen LogP contribution is 2.37. The van der Waals surface area contributed by atoms with Crippen molar-refractivity contribution in [2.45, 2.75) is 13.2 Å². The van der Waals surface area contributed by atoms with Gasteiger partial charge >= 0.3 is 0 Å². The molecule has 9 heteroatoms. The number of methoxy groups -OCH3 is 1. The highest BCUT2D eigenvalue weighted by atomic mass is 35.5. The second kappa shape index (κ2) is 9.56. The molecule has 0 aliphatic rings. The van der Waals surface area contributed by atoms with Crippen molar-refractivity contribution in [3.05, 3.63) is 95.1 Å². The lowest BCUT2D eigenvalue weighted by molar-refractivity contribution is 0.297. The molecule has 0 saturated heterocycles. The largest absolute Gasteiger partial charge is 0.489 e. The fourth-order valence-corrected chi connectivity index (χ4v) is 4.76. The van der Waals surface area contributed by atoms with E-state index in [4.69, 9.17) is 30.2 Å². The first-order valence-corrected chi connectivity index (χ1v) is 12.4. The predicted octanol–water partition coefficient (Wildman–Crippen LogP) is 7.02. The lowest BCUT2D eigenvalue weighted by Gasteiger charge is -2.10. The van der Waals surface area contributed by atoms with Crippen LogP contribution in [0.25, 0.3) is 27.4 Å². The van der Waals surface area contributed by atoms with Gasteiger partial charge in [0.15, 0.2) is 5.76 Å². The van der Waals surface area contributed by atoms with Gasteiger partial charge in [0.05, 0.1) is 18.7 Å². The van der Waals surface area contributed by atoms with Gasteiger partial charge in [-0.15, -0.1) is 5.10 Å². The van der Waals surface area contributed by atoms with Crippen molar-refractivity contribution >= 4 is 38.9 Å². The third-order valence-corrected chi connectivity index (χ3v) is 6.70. The molecular weight excluding hydrogens is 498 g/mol. The normalized spacial score (nSPS) is 11.3. The van der Waals surface area contributed by atoms with Crippen LogP contribution in [0, 0.1) is 0 Å². The van der Waals surface area contributed by atoms with Gasteiger partial charge in [-0.3, -0.25) is 0 Å². The highest BCUT2D eigenvalue weighted by Gasteiger charge is 2.18. The summed E-state index contributed by atoms with van der Waals surface area (Å²) in [6, 6.07) is 23.4. The topological polar surface area (TPSA) is 71.0 Å². The van der Waals surface area contributed by atoms with Gasteiger partial charge in [0, 0.05) is 11.1 Å². The molecule has 0 bridgehead atoms. The number of nitrogens with zero attached hydrogens (tertiary/aromatic N) is 3. The summed E-state index contributed by atoms with van der Waals surface area (Å²) in [6.45, 7) is 0.850. The molecule has 0 fully saturated rings. The maximum absolute atomic E-state index is 6.38. The van der Waals surface area contributed by atoms with E-state index < -0.39 is 0 Å². The zero-order valence-corrected chi connectivity index (χ0v) is 20.8. The second-order valence-electron chi connectivity index (χ2n) is 8.05. The number of aromatic nitrogens is 3. The third kappa shape index (κ3) is 4.48. The second-order valence-corrected chi connectivity index (χ2v) is 9.40. The minimum absolute atomic E-state index is 0.346. The van der Waals surface area contributed by atoms with Crippen LogP contribution in [0.2, 0.25) is 5.02 Å². The van der Waals surface area contributed by atoms with Gasteiger partial charge in [-0.1, -0.05) is 54.1 Å². The van der Waals surface area contributed by atoms with E-state index in [0.717, 1.165) is 22.3 Å². The van der Waals surface area contributed by atoms with E-state index in [2.05, 4.69) is 10.1 Å². The van der Waals surface area contributed by atoms with Gasteiger partial charge in [-0.05, 0) is 46.7 Å². The summed E-state index contributed by atoms with van der Waals surface area (Å²) < 4.78 is 25.2. The number of halogens is 1. The highest BCUT2D eigenvalue weighted by molar-refractivity contribution is 7.18. The third-order valence-electron chi connectivity index (χ3n) is 5.60. The quantitative estimate of drug-likeness (QED) is 0.216. The zero-order chi connectivity index (χ0) is 24.5. The Kier molecular flexibility index (Phi) is 5.96. The van der Waals surface area contributed by atoms with E-state index >= 15 is 0 Å². The number of imidazole rings is 1. The zero-order valence-electron chi connectivity index (χ0n) is 19.2. The molecular formula is C27H20ClN3O4S. The molecule has 0 atom stereocenters. The van der Waals surface area contributed by atoms with Crippen molar-refractivity contribution in [3.8, 4) is 28.1 Å². The van der Waals surface area contributed by atoms with Crippen molar-refractivity contribution < 1.29 is 18.6 Å². The van der Waals surface area contributed by atoms with Crippen LogP contribution in [-0.2, 0) is 13.2 Å². The van der Waals surface area contributed by atoms with Crippen LogP contribution in [0.15, 0.2) is 83.4 Å².